The van der Waals surface area contributed by atoms with Crippen LogP contribution in [-0.4, -0.2) is 5.54 Å². The minimum Gasteiger partial charge on any atom is -0.489 e. The highest BCUT2D eigenvalue weighted by molar-refractivity contribution is 6.30. The Bertz CT molecular complexity index is 590. The molecule has 0 bridgehead atoms. The minimum atomic E-state index is 0.118. The third-order valence-corrected chi connectivity index (χ3v) is 3.25. The van der Waals surface area contributed by atoms with Crippen molar-refractivity contribution in [1.82, 2.24) is 5.32 Å². The first kappa shape index (κ1) is 15.9. The van der Waals surface area contributed by atoms with E-state index in [1.807, 2.05) is 24.3 Å². The summed E-state index contributed by atoms with van der Waals surface area (Å²) in [7, 11) is 0. The third-order valence-electron chi connectivity index (χ3n) is 3.02. The highest BCUT2D eigenvalue weighted by Gasteiger charge is 2.08. The number of rotatable bonds is 5. The van der Waals surface area contributed by atoms with E-state index < -0.39 is 0 Å². The van der Waals surface area contributed by atoms with E-state index in [0.29, 0.717) is 11.6 Å². The standard InChI is InChI=1S/C18H22ClNO/c1-18(2,3)20-12-14-6-4-7-15(10-14)13-21-17-9-5-8-16(19)11-17/h4-11,20H,12-13H2,1-3H3. The van der Waals surface area contributed by atoms with Crippen LogP contribution in [0.25, 0.3) is 0 Å². The second-order valence-corrected chi connectivity index (χ2v) is 6.61. The van der Waals surface area contributed by atoms with E-state index in [2.05, 4.69) is 50.4 Å². The third kappa shape index (κ3) is 5.78. The molecular formula is C18H22ClNO. The van der Waals surface area contributed by atoms with Crippen molar-refractivity contribution in [2.24, 2.45) is 0 Å². The van der Waals surface area contributed by atoms with Crippen LogP contribution >= 0.6 is 11.6 Å². The zero-order valence-corrected chi connectivity index (χ0v) is 13.6. The SMILES string of the molecule is CC(C)(C)NCc1cccc(COc2cccc(Cl)c2)c1. The zero-order chi connectivity index (χ0) is 15.3. The Morgan fingerprint density at radius 1 is 1.00 bits per heavy atom. The summed E-state index contributed by atoms with van der Waals surface area (Å²) in [5, 5.41) is 4.18. The van der Waals surface area contributed by atoms with Crippen molar-refractivity contribution >= 4 is 11.6 Å². The van der Waals surface area contributed by atoms with Crippen molar-refractivity contribution in [2.75, 3.05) is 0 Å². The first-order chi connectivity index (χ1) is 9.92. The van der Waals surface area contributed by atoms with E-state index in [0.717, 1.165) is 17.9 Å². The van der Waals surface area contributed by atoms with Crippen molar-refractivity contribution in [3.8, 4) is 5.75 Å². The largest absolute Gasteiger partial charge is 0.489 e. The van der Waals surface area contributed by atoms with Crippen LogP contribution in [0.1, 0.15) is 31.9 Å². The second kappa shape index (κ2) is 6.97. The lowest BCUT2D eigenvalue weighted by Gasteiger charge is -2.20. The molecule has 3 heteroatoms. The van der Waals surface area contributed by atoms with Crippen LogP contribution in [0.5, 0.6) is 5.75 Å². The average Bonchev–Trinajstić information content (AvgIpc) is 2.43. The molecule has 0 saturated heterocycles. The fraction of sp³-hybridized carbons (Fsp3) is 0.333. The zero-order valence-electron chi connectivity index (χ0n) is 12.8. The predicted molar refractivity (Wildman–Crippen MR) is 88.8 cm³/mol. The molecule has 0 amide bonds. The maximum Gasteiger partial charge on any atom is 0.121 e. The molecule has 0 unspecified atom stereocenters. The van der Waals surface area contributed by atoms with Gasteiger partial charge in [-0.3, -0.25) is 0 Å². The van der Waals surface area contributed by atoms with Crippen molar-refractivity contribution in [3.63, 3.8) is 0 Å². The minimum absolute atomic E-state index is 0.118. The first-order valence-electron chi connectivity index (χ1n) is 7.14. The van der Waals surface area contributed by atoms with Gasteiger partial charge in [0.1, 0.15) is 12.4 Å². The second-order valence-electron chi connectivity index (χ2n) is 6.17. The number of ether oxygens (including phenoxy) is 1. The molecule has 2 rings (SSSR count). The maximum atomic E-state index is 5.95. The summed E-state index contributed by atoms with van der Waals surface area (Å²) < 4.78 is 5.77. The fourth-order valence-electron chi connectivity index (χ4n) is 1.92. The highest BCUT2D eigenvalue weighted by atomic mass is 35.5. The lowest BCUT2D eigenvalue weighted by atomic mass is 10.1. The topological polar surface area (TPSA) is 21.3 Å². The first-order valence-corrected chi connectivity index (χ1v) is 7.51. The van der Waals surface area contributed by atoms with Gasteiger partial charge in [0.2, 0.25) is 0 Å². The van der Waals surface area contributed by atoms with E-state index in [-0.39, 0.29) is 5.54 Å². The molecule has 0 fully saturated rings. The molecule has 0 aliphatic rings. The fourth-order valence-corrected chi connectivity index (χ4v) is 2.10. The van der Waals surface area contributed by atoms with Crippen LogP contribution in [0.2, 0.25) is 5.02 Å². The van der Waals surface area contributed by atoms with Crippen molar-refractivity contribution < 1.29 is 4.74 Å². The molecule has 1 N–H and O–H groups in total. The van der Waals surface area contributed by atoms with Gasteiger partial charge in [-0.2, -0.15) is 0 Å². The molecule has 0 radical (unpaired) electrons. The number of benzene rings is 2. The number of hydrogen-bond donors (Lipinski definition) is 1. The average molecular weight is 304 g/mol. The summed E-state index contributed by atoms with van der Waals surface area (Å²) in [5.74, 6) is 0.792. The van der Waals surface area contributed by atoms with Gasteiger partial charge < -0.3 is 10.1 Å². The van der Waals surface area contributed by atoms with Gasteiger partial charge in [-0.25, -0.2) is 0 Å². The molecule has 2 aromatic rings. The summed E-state index contributed by atoms with van der Waals surface area (Å²) in [6, 6.07) is 15.9. The molecule has 112 valence electrons. The van der Waals surface area contributed by atoms with E-state index in [1.165, 1.54) is 5.56 Å². The van der Waals surface area contributed by atoms with Gasteiger partial charge in [-0.05, 0) is 50.1 Å². The molecule has 2 aromatic carbocycles. The molecule has 0 heterocycles. The van der Waals surface area contributed by atoms with Crippen molar-refractivity contribution in [2.45, 2.75) is 39.5 Å². The Labute approximate surface area is 132 Å². The van der Waals surface area contributed by atoms with Gasteiger partial charge in [0.05, 0.1) is 0 Å². The van der Waals surface area contributed by atoms with Gasteiger partial charge in [-0.1, -0.05) is 41.9 Å². The van der Waals surface area contributed by atoms with Gasteiger partial charge >= 0.3 is 0 Å². The molecule has 0 aromatic heterocycles. The predicted octanol–water partition coefficient (Wildman–Crippen LogP) is 4.81. The Morgan fingerprint density at radius 2 is 1.71 bits per heavy atom. The van der Waals surface area contributed by atoms with Crippen LogP contribution in [0, 0.1) is 0 Å². The molecular weight excluding hydrogens is 282 g/mol. The molecule has 0 aliphatic heterocycles. The van der Waals surface area contributed by atoms with E-state index in [1.54, 1.807) is 0 Å². The van der Waals surface area contributed by atoms with Crippen molar-refractivity contribution in [3.05, 3.63) is 64.7 Å². The summed E-state index contributed by atoms with van der Waals surface area (Å²) in [5.41, 5.74) is 2.54. The maximum absolute atomic E-state index is 5.95. The normalized spacial score (nSPS) is 11.4. The summed E-state index contributed by atoms with van der Waals surface area (Å²) in [6.07, 6.45) is 0. The Hall–Kier alpha value is -1.51. The molecule has 21 heavy (non-hydrogen) atoms. The van der Waals surface area contributed by atoms with Crippen LogP contribution in [-0.2, 0) is 13.2 Å². The van der Waals surface area contributed by atoms with E-state index in [4.69, 9.17) is 16.3 Å². The number of halogens is 1. The lowest BCUT2D eigenvalue weighted by Crippen LogP contribution is -2.35. The number of hydrogen-bond acceptors (Lipinski definition) is 2. The quantitative estimate of drug-likeness (QED) is 0.856. The van der Waals surface area contributed by atoms with Gasteiger partial charge in [0, 0.05) is 17.1 Å². The van der Waals surface area contributed by atoms with E-state index in [9.17, 15) is 0 Å². The smallest absolute Gasteiger partial charge is 0.121 e. The summed E-state index contributed by atoms with van der Waals surface area (Å²) in [6.45, 7) is 7.90. The van der Waals surface area contributed by atoms with Gasteiger partial charge in [-0.15, -0.1) is 0 Å². The summed E-state index contributed by atoms with van der Waals surface area (Å²) in [4.78, 5) is 0. The molecule has 0 atom stereocenters. The van der Waals surface area contributed by atoms with Gasteiger partial charge in [0.15, 0.2) is 0 Å². The molecule has 2 nitrogen and oxygen atoms in total. The summed E-state index contributed by atoms with van der Waals surface area (Å²) >= 11 is 5.95. The molecule has 0 saturated carbocycles. The number of nitrogens with one attached hydrogen (secondary N) is 1. The van der Waals surface area contributed by atoms with Crippen LogP contribution < -0.4 is 10.1 Å². The monoisotopic (exact) mass is 303 g/mol. The lowest BCUT2D eigenvalue weighted by molar-refractivity contribution is 0.306. The Balaban J connectivity index is 1.95. The molecule has 0 aliphatic carbocycles. The Kier molecular flexibility index (Phi) is 5.27. The molecule has 0 spiro atoms. The van der Waals surface area contributed by atoms with E-state index >= 15 is 0 Å². The van der Waals surface area contributed by atoms with Crippen LogP contribution in [0.3, 0.4) is 0 Å². The highest BCUT2D eigenvalue weighted by Crippen LogP contribution is 2.18. The van der Waals surface area contributed by atoms with Crippen molar-refractivity contribution in [1.29, 1.82) is 0 Å². The van der Waals surface area contributed by atoms with Gasteiger partial charge in [0.25, 0.3) is 0 Å². The van der Waals surface area contributed by atoms with Crippen LogP contribution in [0.4, 0.5) is 0 Å². The Morgan fingerprint density at radius 3 is 2.43 bits per heavy atom. The van der Waals surface area contributed by atoms with Crippen LogP contribution in [0.15, 0.2) is 48.5 Å².